The molecule has 0 saturated carbocycles. The third-order valence-electron chi connectivity index (χ3n) is 3.45. The van der Waals surface area contributed by atoms with Crippen LogP contribution in [-0.2, 0) is 11.2 Å². The number of hydrogen-bond acceptors (Lipinski definition) is 4. The van der Waals surface area contributed by atoms with Crippen LogP contribution in [0.15, 0.2) is 47.1 Å². The highest BCUT2D eigenvalue weighted by Crippen LogP contribution is 2.32. The summed E-state index contributed by atoms with van der Waals surface area (Å²) in [6, 6.07) is 9.47. The molecule has 1 amide bonds. The average Bonchev–Trinajstić information content (AvgIpc) is 2.87. The normalized spacial score (nSPS) is 14.7. The number of anilines is 1. The Morgan fingerprint density at radius 3 is 2.83 bits per heavy atom. The first-order valence-electron chi connectivity index (χ1n) is 7.17. The summed E-state index contributed by atoms with van der Waals surface area (Å²) in [5.74, 6) is 1.18. The van der Waals surface area contributed by atoms with Gasteiger partial charge in [0.1, 0.15) is 18.2 Å². The van der Waals surface area contributed by atoms with Crippen molar-refractivity contribution in [3.8, 4) is 5.75 Å². The van der Waals surface area contributed by atoms with E-state index in [2.05, 4.69) is 26.2 Å². The molecule has 3 rings (SSSR count). The average molecular weight is 375 g/mol. The molecule has 6 heteroatoms. The fourth-order valence-corrected chi connectivity index (χ4v) is 2.68. The van der Waals surface area contributed by atoms with E-state index in [-0.39, 0.29) is 19.1 Å². The van der Waals surface area contributed by atoms with Crippen LogP contribution in [0, 0.1) is 0 Å². The van der Waals surface area contributed by atoms with Crippen molar-refractivity contribution in [3.05, 3.63) is 58.2 Å². The Bertz CT molecular complexity index is 757. The van der Waals surface area contributed by atoms with E-state index in [1.54, 1.807) is 6.20 Å². The molecule has 0 radical (unpaired) electrons. The number of nitrogens with zero attached hydrogens (tertiary/aromatic N) is 1. The maximum Gasteiger partial charge on any atom is 0.257 e. The Morgan fingerprint density at radius 2 is 2.09 bits per heavy atom. The number of allylic oxidation sites excluding steroid dienone is 1. The largest absolute Gasteiger partial charge is 0.491 e. The Kier molecular flexibility index (Phi) is 4.73. The Labute approximate surface area is 142 Å². The minimum absolute atomic E-state index is 0.00797. The summed E-state index contributed by atoms with van der Waals surface area (Å²) in [5.41, 5.74) is 2.51. The molecule has 0 unspecified atom stereocenters. The smallest absolute Gasteiger partial charge is 0.257 e. The molecule has 0 saturated heterocycles. The highest BCUT2D eigenvalue weighted by atomic mass is 79.9. The monoisotopic (exact) mass is 374 g/mol. The first-order valence-corrected chi connectivity index (χ1v) is 7.96. The van der Waals surface area contributed by atoms with E-state index in [9.17, 15) is 4.79 Å². The quantitative estimate of drug-likeness (QED) is 0.789. The molecule has 0 atom stereocenters. The molecule has 1 aromatic carbocycles. The van der Waals surface area contributed by atoms with Gasteiger partial charge in [0.05, 0.1) is 6.61 Å². The van der Waals surface area contributed by atoms with Gasteiger partial charge in [-0.15, -0.1) is 0 Å². The standard InChI is InChI=1S/C17H15BrN2O3/c18-12-9-15-14(17(22)20-16(15)19-10-12)6-3-11-1-4-13(5-2-11)23-8-7-21/h1-2,4-6,9-10,21H,3,7-8H2,(H,19,20,22)/b14-6-. The van der Waals surface area contributed by atoms with Gasteiger partial charge in [0, 0.05) is 21.8 Å². The van der Waals surface area contributed by atoms with Crippen molar-refractivity contribution in [2.24, 2.45) is 0 Å². The second kappa shape index (κ2) is 6.93. The molecule has 0 aliphatic carbocycles. The van der Waals surface area contributed by atoms with E-state index >= 15 is 0 Å². The number of amides is 1. The van der Waals surface area contributed by atoms with Crippen LogP contribution in [0.2, 0.25) is 0 Å². The molecule has 5 nitrogen and oxygen atoms in total. The molecule has 0 spiro atoms. The van der Waals surface area contributed by atoms with Crippen LogP contribution in [0.4, 0.5) is 5.82 Å². The van der Waals surface area contributed by atoms with Crippen LogP contribution >= 0.6 is 15.9 Å². The summed E-state index contributed by atoms with van der Waals surface area (Å²) < 4.78 is 6.16. The number of carbonyl (C=O) groups is 1. The fraction of sp³-hybridized carbons (Fsp3) is 0.176. The minimum Gasteiger partial charge on any atom is -0.491 e. The highest BCUT2D eigenvalue weighted by molar-refractivity contribution is 9.10. The van der Waals surface area contributed by atoms with Crippen molar-refractivity contribution in [1.29, 1.82) is 0 Å². The number of halogens is 1. The van der Waals surface area contributed by atoms with Gasteiger partial charge < -0.3 is 15.2 Å². The molecule has 1 aromatic heterocycles. The first-order chi connectivity index (χ1) is 11.2. The summed E-state index contributed by atoms with van der Waals surface area (Å²) in [5, 5.41) is 11.5. The number of benzene rings is 1. The van der Waals surface area contributed by atoms with Gasteiger partial charge in [0.25, 0.3) is 5.91 Å². The summed E-state index contributed by atoms with van der Waals surface area (Å²) in [6.45, 7) is 0.272. The van der Waals surface area contributed by atoms with E-state index in [0.29, 0.717) is 23.6 Å². The Hall–Kier alpha value is -2.18. The molecule has 118 valence electrons. The van der Waals surface area contributed by atoms with Crippen LogP contribution in [0.5, 0.6) is 5.75 Å². The number of hydrogen-bond donors (Lipinski definition) is 2. The van der Waals surface area contributed by atoms with E-state index < -0.39 is 0 Å². The SMILES string of the molecule is O=C1Nc2ncc(Br)cc2/C1=C/Cc1ccc(OCCO)cc1. The summed E-state index contributed by atoms with van der Waals surface area (Å²) in [6.07, 6.45) is 4.20. The van der Waals surface area contributed by atoms with E-state index in [4.69, 9.17) is 9.84 Å². The molecule has 2 aromatic rings. The molecule has 2 heterocycles. The fourth-order valence-electron chi connectivity index (χ4n) is 2.35. The van der Waals surface area contributed by atoms with Gasteiger partial charge in [-0.1, -0.05) is 18.2 Å². The van der Waals surface area contributed by atoms with Crippen molar-refractivity contribution >= 4 is 33.2 Å². The van der Waals surface area contributed by atoms with E-state index in [1.807, 2.05) is 36.4 Å². The van der Waals surface area contributed by atoms with Gasteiger partial charge in [-0.2, -0.15) is 0 Å². The molecule has 0 bridgehead atoms. The number of rotatable bonds is 5. The lowest BCUT2D eigenvalue weighted by Gasteiger charge is -2.05. The maximum atomic E-state index is 12.1. The number of nitrogens with one attached hydrogen (secondary N) is 1. The highest BCUT2D eigenvalue weighted by Gasteiger charge is 2.25. The van der Waals surface area contributed by atoms with Crippen molar-refractivity contribution in [2.45, 2.75) is 6.42 Å². The van der Waals surface area contributed by atoms with Gasteiger partial charge >= 0.3 is 0 Å². The summed E-state index contributed by atoms with van der Waals surface area (Å²) in [7, 11) is 0. The number of aromatic nitrogens is 1. The topological polar surface area (TPSA) is 71.5 Å². The number of pyridine rings is 1. The molecule has 1 aliphatic heterocycles. The third kappa shape index (κ3) is 3.60. The Balaban J connectivity index is 1.75. The maximum absolute atomic E-state index is 12.1. The number of fused-ring (bicyclic) bond motifs is 1. The number of carbonyl (C=O) groups excluding carboxylic acids is 1. The summed E-state index contributed by atoms with van der Waals surface area (Å²) >= 11 is 3.38. The zero-order chi connectivity index (χ0) is 16.2. The number of ether oxygens (including phenoxy) is 1. The molecule has 23 heavy (non-hydrogen) atoms. The second-order valence-corrected chi connectivity index (χ2v) is 5.96. The van der Waals surface area contributed by atoms with Crippen LogP contribution < -0.4 is 10.1 Å². The predicted octanol–water partition coefficient (Wildman–Crippen LogP) is 2.79. The van der Waals surface area contributed by atoms with Crippen LogP contribution in [-0.4, -0.2) is 29.2 Å². The molecule has 0 fully saturated rings. The lowest BCUT2D eigenvalue weighted by Crippen LogP contribution is -2.04. The molecular weight excluding hydrogens is 360 g/mol. The Morgan fingerprint density at radius 1 is 1.30 bits per heavy atom. The summed E-state index contributed by atoms with van der Waals surface area (Å²) in [4.78, 5) is 16.3. The zero-order valence-electron chi connectivity index (χ0n) is 12.3. The molecular formula is C17H15BrN2O3. The van der Waals surface area contributed by atoms with Crippen LogP contribution in [0.3, 0.4) is 0 Å². The second-order valence-electron chi connectivity index (χ2n) is 5.04. The van der Waals surface area contributed by atoms with Crippen LogP contribution in [0.1, 0.15) is 11.1 Å². The molecule has 2 N–H and O–H groups in total. The van der Waals surface area contributed by atoms with Gasteiger partial charge in [-0.3, -0.25) is 4.79 Å². The van der Waals surface area contributed by atoms with E-state index in [1.165, 1.54) is 0 Å². The van der Waals surface area contributed by atoms with Crippen LogP contribution in [0.25, 0.3) is 5.57 Å². The minimum atomic E-state index is -0.131. The third-order valence-corrected chi connectivity index (χ3v) is 3.88. The zero-order valence-corrected chi connectivity index (χ0v) is 13.8. The van der Waals surface area contributed by atoms with Crippen molar-refractivity contribution in [3.63, 3.8) is 0 Å². The van der Waals surface area contributed by atoms with Crippen molar-refractivity contribution in [2.75, 3.05) is 18.5 Å². The molecule has 1 aliphatic rings. The predicted molar refractivity (Wildman–Crippen MR) is 91.3 cm³/mol. The number of aliphatic hydroxyl groups excluding tert-OH is 1. The van der Waals surface area contributed by atoms with Gasteiger partial charge in [-0.25, -0.2) is 4.98 Å². The van der Waals surface area contributed by atoms with Gasteiger partial charge in [-0.05, 0) is 46.1 Å². The van der Waals surface area contributed by atoms with Gasteiger partial charge in [0.2, 0.25) is 0 Å². The lowest BCUT2D eigenvalue weighted by atomic mass is 10.1. The van der Waals surface area contributed by atoms with Crippen molar-refractivity contribution < 1.29 is 14.6 Å². The number of aliphatic hydroxyl groups is 1. The lowest BCUT2D eigenvalue weighted by molar-refractivity contribution is -0.110. The van der Waals surface area contributed by atoms with Gasteiger partial charge in [0.15, 0.2) is 0 Å². The van der Waals surface area contributed by atoms with Crippen molar-refractivity contribution in [1.82, 2.24) is 4.98 Å². The van der Waals surface area contributed by atoms with E-state index in [0.717, 1.165) is 15.6 Å². The first kappa shape index (κ1) is 15.7.